The van der Waals surface area contributed by atoms with Gasteiger partial charge in [0, 0.05) is 38.9 Å². The molecule has 1 aromatic rings. The predicted molar refractivity (Wildman–Crippen MR) is 64.3 cm³/mol. The van der Waals surface area contributed by atoms with Crippen LogP contribution in [-0.4, -0.2) is 35.7 Å². The van der Waals surface area contributed by atoms with Gasteiger partial charge in [-0.05, 0) is 6.92 Å². The fraction of sp³-hybridized carbons (Fsp3) is 0.600. The molecule has 16 heavy (non-hydrogen) atoms. The lowest BCUT2D eigenvalue weighted by atomic mass is 10.3. The van der Waals surface area contributed by atoms with Crippen molar-refractivity contribution in [3.8, 4) is 0 Å². The van der Waals surface area contributed by atoms with Crippen LogP contribution in [0.15, 0.2) is 11.0 Å². The van der Waals surface area contributed by atoms with Crippen molar-refractivity contribution in [3.63, 3.8) is 0 Å². The summed E-state index contributed by atoms with van der Waals surface area (Å²) in [7, 11) is 0. The van der Waals surface area contributed by atoms with Crippen LogP contribution < -0.4 is 15.8 Å². The third kappa shape index (κ3) is 2.20. The van der Waals surface area contributed by atoms with E-state index in [9.17, 15) is 4.79 Å². The largest absolute Gasteiger partial charge is 0.349 e. The summed E-state index contributed by atoms with van der Waals surface area (Å²) in [5.74, 6) is 0.468. The summed E-state index contributed by atoms with van der Waals surface area (Å²) < 4.78 is 1.59. The van der Waals surface area contributed by atoms with E-state index in [0.29, 0.717) is 17.5 Å². The van der Waals surface area contributed by atoms with Crippen LogP contribution in [0, 0.1) is 0 Å². The molecule has 0 bridgehead atoms. The van der Waals surface area contributed by atoms with E-state index in [1.807, 2.05) is 11.8 Å². The summed E-state index contributed by atoms with van der Waals surface area (Å²) in [4.78, 5) is 18.1. The van der Waals surface area contributed by atoms with Crippen molar-refractivity contribution in [2.24, 2.45) is 0 Å². The molecule has 1 fully saturated rings. The molecule has 0 unspecified atom stereocenters. The van der Waals surface area contributed by atoms with Gasteiger partial charge in [-0.2, -0.15) is 0 Å². The van der Waals surface area contributed by atoms with Crippen LogP contribution >= 0.6 is 11.6 Å². The molecule has 0 saturated carbocycles. The first-order valence-corrected chi connectivity index (χ1v) is 5.83. The van der Waals surface area contributed by atoms with Crippen LogP contribution in [0.5, 0.6) is 0 Å². The highest BCUT2D eigenvalue weighted by Crippen LogP contribution is 2.10. The van der Waals surface area contributed by atoms with Gasteiger partial charge in [-0.15, -0.1) is 0 Å². The van der Waals surface area contributed by atoms with Gasteiger partial charge in [0.1, 0.15) is 5.15 Å². The molecule has 1 aromatic heterocycles. The highest BCUT2D eigenvalue weighted by Gasteiger charge is 2.16. The minimum atomic E-state index is -0.0613. The lowest BCUT2D eigenvalue weighted by Gasteiger charge is -2.28. The number of aromatic nitrogens is 2. The number of aryl methyl sites for hydroxylation is 1. The molecule has 1 aliphatic rings. The van der Waals surface area contributed by atoms with E-state index < -0.39 is 0 Å². The number of anilines is 1. The molecule has 88 valence electrons. The second-order valence-corrected chi connectivity index (χ2v) is 4.10. The molecule has 1 saturated heterocycles. The number of hydrogen-bond acceptors (Lipinski definition) is 4. The maximum Gasteiger partial charge on any atom is 0.293 e. The normalized spacial score (nSPS) is 16.5. The summed E-state index contributed by atoms with van der Waals surface area (Å²) in [6.45, 7) is 5.87. The van der Waals surface area contributed by atoms with Gasteiger partial charge in [-0.1, -0.05) is 11.6 Å². The maximum atomic E-state index is 12.0. The van der Waals surface area contributed by atoms with Crippen LogP contribution in [0.3, 0.4) is 0 Å². The van der Waals surface area contributed by atoms with Gasteiger partial charge in [-0.3, -0.25) is 4.79 Å². The molecule has 1 aliphatic heterocycles. The van der Waals surface area contributed by atoms with Crippen LogP contribution in [-0.2, 0) is 6.54 Å². The third-order valence-corrected chi connectivity index (χ3v) is 2.87. The Balaban J connectivity index is 2.38. The zero-order valence-corrected chi connectivity index (χ0v) is 10.00. The van der Waals surface area contributed by atoms with Crippen molar-refractivity contribution < 1.29 is 0 Å². The van der Waals surface area contributed by atoms with Crippen LogP contribution in [0.4, 0.5) is 5.82 Å². The Hall–Kier alpha value is -1.07. The third-order valence-electron chi connectivity index (χ3n) is 2.68. The quantitative estimate of drug-likeness (QED) is 0.812. The van der Waals surface area contributed by atoms with Gasteiger partial charge in [0.2, 0.25) is 0 Å². The van der Waals surface area contributed by atoms with Crippen molar-refractivity contribution in [2.75, 3.05) is 31.1 Å². The van der Waals surface area contributed by atoms with E-state index in [1.165, 1.54) is 0 Å². The highest BCUT2D eigenvalue weighted by molar-refractivity contribution is 6.29. The zero-order chi connectivity index (χ0) is 11.5. The summed E-state index contributed by atoms with van der Waals surface area (Å²) >= 11 is 5.91. The smallest absolute Gasteiger partial charge is 0.293 e. The zero-order valence-electron chi connectivity index (χ0n) is 9.24. The monoisotopic (exact) mass is 242 g/mol. The van der Waals surface area contributed by atoms with Gasteiger partial charge >= 0.3 is 0 Å². The Bertz CT molecular complexity index is 425. The molecular weight excluding hydrogens is 228 g/mol. The molecule has 0 radical (unpaired) electrons. The standard InChI is InChI=1S/C10H15ClN4O/c1-2-14-7-8(11)13-9(10(14)16)15-5-3-12-4-6-15/h7,12H,2-6H2,1H3. The first-order chi connectivity index (χ1) is 7.72. The Morgan fingerprint density at radius 3 is 2.81 bits per heavy atom. The number of nitrogens with zero attached hydrogens (tertiary/aromatic N) is 3. The summed E-state index contributed by atoms with van der Waals surface area (Å²) in [5, 5.41) is 3.61. The minimum Gasteiger partial charge on any atom is -0.349 e. The maximum absolute atomic E-state index is 12.0. The van der Waals surface area contributed by atoms with Crippen LogP contribution in [0.2, 0.25) is 5.15 Å². The van der Waals surface area contributed by atoms with Gasteiger partial charge < -0.3 is 14.8 Å². The SMILES string of the molecule is CCn1cc(Cl)nc(N2CCNCC2)c1=O. The molecule has 2 heterocycles. The summed E-state index contributed by atoms with van der Waals surface area (Å²) in [5.41, 5.74) is -0.0613. The number of halogens is 1. The van der Waals surface area contributed by atoms with Crippen molar-refractivity contribution >= 4 is 17.4 Å². The van der Waals surface area contributed by atoms with Crippen molar-refractivity contribution in [3.05, 3.63) is 21.7 Å². The van der Waals surface area contributed by atoms with Crippen LogP contribution in [0.1, 0.15) is 6.92 Å². The first kappa shape index (κ1) is 11.4. The van der Waals surface area contributed by atoms with E-state index >= 15 is 0 Å². The Morgan fingerprint density at radius 2 is 2.19 bits per heavy atom. The Morgan fingerprint density at radius 1 is 1.50 bits per heavy atom. The average Bonchev–Trinajstić information content (AvgIpc) is 2.33. The number of piperazine rings is 1. The van der Waals surface area contributed by atoms with Crippen molar-refractivity contribution in [1.82, 2.24) is 14.9 Å². The second kappa shape index (κ2) is 4.84. The lowest BCUT2D eigenvalue weighted by molar-refractivity contribution is 0.578. The van der Waals surface area contributed by atoms with Crippen molar-refractivity contribution in [2.45, 2.75) is 13.5 Å². The molecule has 5 nitrogen and oxygen atoms in total. The van der Waals surface area contributed by atoms with E-state index in [1.54, 1.807) is 10.8 Å². The van der Waals surface area contributed by atoms with Gasteiger partial charge in [0.05, 0.1) is 0 Å². The molecule has 6 heteroatoms. The van der Waals surface area contributed by atoms with Crippen LogP contribution in [0.25, 0.3) is 0 Å². The average molecular weight is 243 g/mol. The summed E-state index contributed by atoms with van der Waals surface area (Å²) in [6, 6.07) is 0. The van der Waals surface area contributed by atoms with Gasteiger partial charge in [-0.25, -0.2) is 4.98 Å². The van der Waals surface area contributed by atoms with Gasteiger partial charge in [0.15, 0.2) is 5.82 Å². The summed E-state index contributed by atoms with van der Waals surface area (Å²) in [6.07, 6.45) is 1.58. The molecule has 0 aromatic carbocycles. The molecule has 0 amide bonds. The van der Waals surface area contributed by atoms with Crippen molar-refractivity contribution in [1.29, 1.82) is 0 Å². The number of nitrogens with one attached hydrogen (secondary N) is 1. The highest BCUT2D eigenvalue weighted by atomic mass is 35.5. The second-order valence-electron chi connectivity index (χ2n) is 3.72. The fourth-order valence-corrected chi connectivity index (χ4v) is 2.01. The molecule has 0 spiro atoms. The molecule has 1 N–H and O–H groups in total. The predicted octanol–water partition coefficient (Wildman–Crippen LogP) is 0.326. The molecule has 2 rings (SSSR count). The lowest BCUT2D eigenvalue weighted by Crippen LogP contribution is -2.46. The Kier molecular flexibility index (Phi) is 3.46. The van der Waals surface area contributed by atoms with E-state index in [4.69, 9.17) is 11.6 Å². The van der Waals surface area contributed by atoms with E-state index in [-0.39, 0.29) is 5.56 Å². The Labute approximate surface area is 99.0 Å². The first-order valence-electron chi connectivity index (χ1n) is 5.45. The minimum absolute atomic E-state index is 0.0613. The van der Waals surface area contributed by atoms with E-state index in [0.717, 1.165) is 26.2 Å². The molecular formula is C10H15ClN4O. The topological polar surface area (TPSA) is 50.2 Å². The number of hydrogen-bond donors (Lipinski definition) is 1. The molecule has 0 aliphatic carbocycles. The fourth-order valence-electron chi connectivity index (χ4n) is 1.81. The van der Waals surface area contributed by atoms with E-state index in [2.05, 4.69) is 10.3 Å². The van der Waals surface area contributed by atoms with Gasteiger partial charge in [0.25, 0.3) is 5.56 Å². The molecule has 0 atom stereocenters. The number of rotatable bonds is 2.